The number of amides is 1. The van der Waals surface area contributed by atoms with Crippen molar-refractivity contribution in [3.05, 3.63) is 29.8 Å². The number of hydrogen-bond donors (Lipinski definition) is 1. The molecule has 1 saturated carbocycles. The molecule has 1 unspecified atom stereocenters. The van der Waals surface area contributed by atoms with Crippen molar-refractivity contribution in [1.82, 2.24) is 5.32 Å². The molecule has 24 heavy (non-hydrogen) atoms. The van der Waals surface area contributed by atoms with Crippen LogP contribution in [0.5, 0.6) is 5.75 Å². The first kappa shape index (κ1) is 18.8. The van der Waals surface area contributed by atoms with Gasteiger partial charge in [-0.05, 0) is 55.2 Å². The molecule has 0 spiro atoms. The molecule has 0 aromatic heterocycles. The minimum Gasteiger partial charge on any atom is -0.481 e. The Morgan fingerprint density at radius 1 is 1.25 bits per heavy atom. The van der Waals surface area contributed by atoms with Gasteiger partial charge in [-0.25, -0.2) is 0 Å². The van der Waals surface area contributed by atoms with Crippen LogP contribution in [0.1, 0.15) is 52.5 Å². The molecule has 2 rings (SSSR count). The Morgan fingerprint density at radius 2 is 1.92 bits per heavy atom. The van der Waals surface area contributed by atoms with Crippen LogP contribution < -0.4 is 10.1 Å². The van der Waals surface area contributed by atoms with Crippen LogP contribution in [0.25, 0.3) is 0 Å². The summed E-state index contributed by atoms with van der Waals surface area (Å²) >= 11 is 0. The van der Waals surface area contributed by atoms with Gasteiger partial charge in [0.1, 0.15) is 5.75 Å². The highest BCUT2D eigenvalue weighted by Gasteiger charge is 2.21. The van der Waals surface area contributed by atoms with E-state index in [2.05, 4.69) is 38.2 Å². The van der Waals surface area contributed by atoms with Gasteiger partial charge < -0.3 is 14.8 Å². The molecular weight excluding hydrogens is 302 g/mol. The summed E-state index contributed by atoms with van der Waals surface area (Å²) < 4.78 is 11.3. The highest BCUT2D eigenvalue weighted by atomic mass is 16.5. The Kier molecular flexibility index (Phi) is 6.67. The molecule has 1 amide bonds. The average molecular weight is 333 g/mol. The van der Waals surface area contributed by atoms with E-state index in [9.17, 15) is 4.79 Å². The third kappa shape index (κ3) is 6.52. The molecule has 1 aromatic carbocycles. The number of nitrogens with one attached hydrogen (secondary N) is 1. The zero-order valence-corrected chi connectivity index (χ0v) is 15.4. The smallest absolute Gasteiger partial charge is 0.260 e. The van der Waals surface area contributed by atoms with Gasteiger partial charge in [-0.3, -0.25) is 4.79 Å². The Labute approximate surface area is 145 Å². The summed E-state index contributed by atoms with van der Waals surface area (Å²) in [5.74, 6) is 1.42. The predicted octanol–water partition coefficient (Wildman–Crippen LogP) is 3.68. The molecule has 1 fully saturated rings. The van der Waals surface area contributed by atoms with Crippen molar-refractivity contribution < 1.29 is 14.3 Å². The third-order valence-corrected chi connectivity index (χ3v) is 4.22. The molecule has 0 aliphatic heterocycles. The van der Waals surface area contributed by atoms with Crippen LogP contribution in [0.15, 0.2) is 24.3 Å². The van der Waals surface area contributed by atoms with Gasteiger partial charge in [0, 0.05) is 19.8 Å². The van der Waals surface area contributed by atoms with Crippen LogP contribution in [0, 0.1) is 5.92 Å². The van der Waals surface area contributed by atoms with Crippen LogP contribution in [0.3, 0.4) is 0 Å². The molecular formula is C20H31NO3. The van der Waals surface area contributed by atoms with Crippen molar-refractivity contribution in [2.45, 2.75) is 58.5 Å². The monoisotopic (exact) mass is 333 g/mol. The number of hydrogen-bond acceptors (Lipinski definition) is 3. The van der Waals surface area contributed by atoms with E-state index in [0.717, 1.165) is 24.7 Å². The normalized spacial score (nSPS) is 15.8. The first-order chi connectivity index (χ1) is 11.4. The highest BCUT2D eigenvalue weighted by Crippen LogP contribution is 2.28. The van der Waals surface area contributed by atoms with E-state index >= 15 is 0 Å². The molecule has 134 valence electrons. The summed E-state index contributed by atoms with van der Waals surface area (Å²) in [6, 6.07) is 7.96. The SMILES string of the molecule is CC(Oc1ccc(C(C)(C)C)cc1)C(=O)NCCCOCC1CC1. The van der Waals surface area contributed by atoms with E-state index in [4.69, 9.17) is 9.47 Å². The molecule has 4 heteroatoms. The molecule has 1 aliphatic rings. The lowest BCUT2D eigenvalue weighted by Crippen LogP contribution is -2.37. The number of benzene rings is 1. The maximum atomic E-state index is 12.0. The minimum absolute atomic E-state index is 0.0860. The van der Waals surface area contributed by atoms with Crippen LogP contribution in [0.2, 0.25) is 0 Å². The Bertz CT molecular complexity index is 515. The summed E-state index contributed by atoms with van der Waals surface area (Å²) in [5.41, 5.74) is 1.36. The summed E-state index contributed by atoms with van der Waals surface area (Å²) in [5, 5.41) is 2.90. The highest BCUT2D eigenvalue weighted by molar-refractivity contribution is 5.80. The third-order valence-electron chi connectivity index (χ3n) is 4.22. The Balaban J connectivity index is 1.64. The fourth-order valence-electron chi connectivity index (χ4n) is 2.36. The van der Waals surface area contributed by atoms with Crippen LogP contribution >= 0.6 is 0 Å². The van der Waals surface area contributed by atoms with Gasteiger partial charge in [-0.1, -0.05) is 32.9 Å². The summed E-state index contributed by atoms with van der Waals surface area (Å²) in [6.07, 6.45) is 2.95. The summed E-state index contributed by atoms with van der Waals surface area (Å²) in [4.78, 5) is 12.0. The number of carbonyl (C=O) groups is 1. The van der Waals surface area contributed by atoms with Gasteiger partial charge in [0.05, 0.1) is 0 Å². The van der Waals surface area contributed by atoms with E-state index < -0.39 is 6.10 Å². The van der Waals surface area contributed by atoms with Crippen molar-refractivity contribution in [3.8, 4) is 5.75 Å². The van der Waals surface area contributed by atoms with Gasteiger partial charge in [0.2, 0.25) is 0 Å². The van der Waals surface area contributed by atoms with E-state index in [0.29, 0.717) is 13.2 Å². The molecule has 1 aliphatic carbocycles. The fraction of sp³-hybridized carbons (Fsp3) is 0.650. The Hall–Kier alpha value is -1.55. The second kappa shape index (κ2) is 8.52. The van der Waals surface area contributed by atoms with Gasteiger partial charge >= 0.3 is 0 Å². The zero-order chi connectivity index (χ0) is 17.6. The van der Waals surface area contributed by atoms with Gasteiger partial charge in [-0.15, -0.1) is 0 Å². The number of ether oxygens (including phenoxy) is 2. The topological polar surface area (TPSA) is 47.6 Å². The van der Waals surface area contributed by atoms with Crippen molar-refractivity contribution in [2.24, 2.45) is 5.92 Å². The lowest BCUT2D eigenvalue weighted by Gasteiger charge is -2.20. The van der Waals surface area contributed by atoms with Crippen molar-refractivity contribution >= 4 is 5.91 Å². The van der Waals surface area contributed by atoms with Gasteiger partial charge in [-0.2, -0.15) is 0 Å². The lowest BCUT2D eigenvalue weighted by molar-refractivity contribution is -0.127. The van der Waals surface area contributed by atoms with E-state index in [1.54, 1.807) is 6.92 Å². The van der Waals surface area contributed by atoms with Crippen molar-refractivity contribution in [3.63, 3.8) is 0 Å². The molecule has 0 heterocycles. The molecule has 0 bridgehead atoms. The van der Waals surface area contributed by atoms with E-state index in [-0.39, 0.29) is 11.3 Å². The van der Waals surface area contributed by atoms with Crippen LogP contribution in [-0.4, -0.2) is 31.8 Å². The van der Waals surface area contributed by atoms with Crippen LogP contribution in [0.4, 0.5) is 0 Å². The Morgan fingerprint density at radius 3 is 2.50 bits per heavy atom. The largest absolute Gasteiger partial charge is 0.481 e. The number of carbonyl (C=O) groups excluding carboxylic acids is 1. The second-order valence-corrected chi connectivity index (χ2v) is 7.70. The predicted molar refractivity (Wildman–Crippen MR) is 96.4 cm³/mol. The molecule has 0 saturated heterocycles. The molecule has 1 N–H and O–H groups in total. The zero-order valence-electron chi connectivity index (χ0n) is 15.4. The summed E-state index contributed by atoms with van der Waals surface area (Å²) in [7, 11) is 0. The standard InChI is InChI=1S/C20H31NO3/c1-15(19(22)21-12-5-13-23-14-16-6-7-16)24-18-10-8-17(9-11-18)20(2,3)4/h8-11,15-16H,5-7,12-14H2,1-4H3,(H,21,22). The molecule has 4 nitrogen and oxygen atoms in total. The average Bonchev–Trinajstić information content (AvgIpc) is 3.34. The molecule has 1 aromatic rings. The summed E-state index contributed by atoms with van der Waals surface area (Å²) in [6.45, 7) is 10.5. The van der Waals surface area contributed by atoms with Crippen molar-refractivity contribution in [1.29, 1.82) is 0 Å². The van der Waals surface area contributed by atoms with Crippen LogP contribution in [-0.2, 0) is 14.9 Å². The lowest BCUT2D eigenvalue weighted by atomic mass is 9.87. The number of rotatable bonds is 9. The maximum absolute atomic E-state index is 12.0. The first-order valence-corrected chi connectivity index (χ1v) is 8.99. The quantitative estimate of drug-likeness (QED) is 0.701. The van der Waals surface area contributed by atoms with E-state index in [1.807, 2.05) is 12.1 Å². The van der Waals surface area contributed by atoms with Gasteiger partial charge in [0.15, 0.2) is 6.10 Å². The van der Waals surface area contributed by atoms with Crippen molar-refractivity contribution in [2.75, 3.05) is 19.8 Å². The first-order valence-electron chi connectivity index (χ1n) is 8.99. The minimum atomic E-state index is -0.502. The van der Waals surface area contributed by atoms with E-state index in [1.165, 1.54) is 18.4 Å². The van der Waals surface area contributed by atoms with Gasteiger partial charge in [0.25, 0.3) is 5.91 Å². The second-order valence-electron chi connectivity index (χ2n) is 7.70. The maximum Gasteiger partial charge on any atom is 0.260 e. The molecule has 1 atom stereocenters. The molecule has 0 radical (unpaired) electrons. The fourth-order valence-corrected chi connectivity index (χ4v) is 2.36.